The lowest BCUT2D eigenvalue weighted by molar-refractivity contribution is -0.220. The van der Waals surface area contributed by atoms with E-state index in [-0.39, 0.29) is 24.2 Å². The van der Waals surface area contributed by atoms with Gasteiger partial charge < -0.3 is 4.90 Å². The van der Waals surface area contributed by atoms with Crippen molar-refractivity contribution in [2.45, 2.75) is 24.6 Å². The highest BCUT2D eigenvalue weighted by Crippen LogP contribution is 2.51. The second kappa shape index (κ2) is 5.40. The van der Waals surface area contributed by atoms with E-state index in [9.17, 15) is 18.0 Å². The molecular weight excluding hydrogens is 307 g/mol. The second-order valence-electron chi connectivity index (χ2n) is 5.62. The predicted octanol–water partition coefficient (Wildman–Crippen LogP) is 3.11. The molecule has 122 valence electrons. The third-order valence-corrected chi connectivity index (χ3v) is 4.39. The molecule has 0 N–H and O–H groups in total. The van der Waals surface area contributed by atoms with Gasteiger partial charge in [0.15, 0.2) is 5.54 Å². The molecule has 23 heavy (non-hydrogen) atoms. The smallest absolute Gasteiger partial charge is 0.319 e. The zero-order valence-corrected chi connectivity index (χ0v) is 12.5. The Morgan fingerprint density at radius 1 is 1.22 bits per heavy atom. The van der Waals surface area contributed by atoms with E-state index in [1.165, 1.54) is 29.1 Å². The number of amides is 1. The summed E-state index contributed by atoms with van der Waals surface area (Å²) in [6.45, 7) is 0.0679. The molecule has 1 atom stereocenters. The predicted molar refractivity (Wildman–Crippen MR) is 77.7 cm³/mol. The maximum atomic E-state index is 14.0. The van der Waals surface area contributed by atoms with Crippen molar-refractivity contribution in [3.8, 4) is 0 Å². The molecule has 0 radical (unpaired) electrons. The summed E-state index contributed by atoms with van der Waals surface area (Å²) in [7, 11) is 1.54. The van der Waals surface area contributed by atoms with Crippen molar-refractivity contribution in [2.24, 2.45) is 7.05 Å². The van der Waals surface area contributed by atoms with Crippen molar-refractivity contribution in [3.63, 3.8) is 0 Å². The molecule has 1 aliphatic rings. The molecule has 2 heterocycles. The number of carbonyl (C=O) groups excluding carboxylic acids is 1. The molecule has 1 aliphatic heterocycles. The molecular formula is C16H16F3N3O. The van der Waals surface area contributed by atoms with Crippen molar-refractivity contribution in [3.05, 3.63) is 53.9 Å². The van der Waals surface area contributed by atoms with Gasteiger partial charge >= 0.3 is 6.18 Å². The number of likely N-dealkylation sites (tertiary alicyclic amines) is 1. The topological polar surface area (TPSA) is 38.1 Å². The van der Waals surface area contributed by atoms with Crippen molar-refractivity contribution < 1.29 is 18.0 Å². The number of carbonyl (C=O) groups is 1. The van der Waals surface area contributed by atoms with Crippen LogP contribution in [0.4, 0.5) is 13.2 Å². The number of nitrogens with zero attached hydrogens (tertiary/aromatic N) is 3. The van der Waals surface area contributed by atoms with Crippen LogP contribution in [-0.4, -0.2) is 33.3 Å². The number of rotatable bonds is 2. The van der Waals surface area contributed by atoms with Gasteiger partial charge in [-0.15, -0.1) is 0 Å². The number of halogens is 3. The minimum atomic E-state index is -4.56. The van der Waals surface area contributed by atoms with Crippen LogP contribution in [0.25, 0.3) is 0 Å². The van der Waals surface area contributed by atoms with Gasteiger partial charge in [-0.1, -0.05) is 30.3 Å². The Morgan fingerprint density at radius 2 is 1.91 bits per heavy atom. The fourth-order valence-corrected chi connectivity index (χ4v) is 3.29. The van der Waals surface area contributed by atoms with Gasteiger partial charge in [0, 0.05) is 19.8 Å². The molecule has 1 aromatic carbocycles. The van der Waals surface area contributed by atoms with Crippen molar-refractivity contribution in [1.29, 1.82) is 0 Å². The standard InChI is InChI=1S/C16H16F3N3O/c1-21-13(8-10-20-21)14(23)22-11-5-9-15(22,16(17,18)19)12-6-3-2-4-7-12/h2-4,6-8,10H,5,9,11H2,1H3/t15-/m0/s1. The van der Waals surface area contributed by atoms with E-state index in [0.29, 0.717) is 6.42 Å². The summed E-state index contributed by atoms with van der Waals surface area (Å²) >= 11 is 0. The number of aromatic nitrogens is 2. The minimum absolute atomic E-state index is 0.0679. The lowest BCUT2D eigenvalue weighted by Gasteiger charge is -2.40. The lowest BCUT2D eigenvalue weighted by atomic mass is 9.86. The monoisotopic (exact) mass is 323 g/mol. The number of alkyl halides is 3. The summed E-state index contributed by atoms with van der Waals surface area (Å²) in [4.78, 5) is 13.7. The third kappa shape index (κ3) is 2.31. The first-order valence-corrected chi connectivity index (χ1v) is 7.30. The molecule has 7 heteroatoms. The quantitative estimate of drug-likeness (QED) is 0.852. The van der Waals surface area contributed by atoms with Gasteiger partial charge in [0.25, 0.3) is 5.91 Å². The molecule has 0 unspecified atom stereocenters. The zero-order valence-electron chi connectivity index (χ0n) is 12.5. The summed E-state index contributed by atoms with van der Waals surface area (Å²) in [6.07, 6.45) is -2.98. The fraction of sp³-hybridized carbons (Fsp3) is 0.375. The molecule has 2 aromatic rings. The van der Waals surface area contributed by atoms with E-state index in [1.54, 1.807) is 25.2 Å². The summed E-state index contributed by atoms with van der Waals surface area (Å²) in [5, 5.41) is 3.88. The maximum Gasteiger partial charge on any atom is 0.415 e. The molecule has 1 saturated heterocycles. The minimum Gasteiger partial charge on any atom is -0.319 e. The van der Waals surface area contributed by atoms with Gasteiger partial charge in [-0.25, -0.2) is 0 Å². The van der Waals surface area contributed by atoms with E-state index in [2.05, 4.69) is 5.10 Å². The number of aryl methyl sites for hydroxylation is 1. The first-order chi connectivity index (χ1) is 10.9. The lowest BCUT2D eigenvalue weighted by Crippen LogP contribution is -2.55. The average molecular weight is 323 g/mol. The molecule has 1 aromatic heterocycles. The fourth-order valence-electron chi connectivity index (χ4n) is 3.29. The van der Waals surface area contributed by atoms with Gasteiger partial charge in [0.05, 0.1) is 0 Å². The number of hydrogen-bond donors (Lipinski definition) is 0. The van der Waals surface area contributed by atoms with Crippen LogP contribution in [0.1, 0.15) is 28.9 Å². The Morgan fingerprint density at radius 3 is 2.48 bits per heavy atom. The van der Waals surface area contributed by atoms with Crippen molar-refractivity contribution in [2.75, 3.05) is 6.54 Å². The number of benzene rings is 1. The van der Waals surface area contributed by atoms with E-state index >= 15 is 0 Å². The SMILES string of the molecule is Cn1nccc1C(=O)N1CCC[C@]1(c1ccccc1)C(F)(F)F. The van der Waals surface area contributed by atoms with E-state index in [0.717, 1.165) is 4.90 Å². The molecule has 1 amide bonds. The molecule has 1 fully saturated rings. The molecule has 4 nitrogen and oxygen atoms in total. The molecule has 3 rings (SSSR count). The largest absolute Gasteiger partial charge is 0.415 e. The van der Waals surface area contributed by atoms with Gasteiger partial charge in [-0.2, -0.15) is 18.3 Å². The van der Waals surface area contributed by atoms with Crippen LogP contribution in [0.5, 0.6) is 0 Å². The molecule has 0 bridgehead atoms. The number of hydrogen-bond acceptors (Lipinski definition) is 2. The second-order valence-corrected chi connectivity index (χ2v) is 5.62. The summed E-state index contributed by atoms with van der Waals surface area (Å²) in [5.74, 6) is -0.649. The van der Waals surface area contributed by atoms with Gasteiger partial charge in [0.2, 0.25) is 0 Å². The van der Waals surface area contributed by atoms with Gasteiger partial charge in [0.1, 0.15) is 5.69 Å². The Balaban J connectivity index is 2.12. The first kappa shape index (κ1) is 15.6. The Bertz CT molecular complexity index is 711. The van der Waals surface area contributed by atoms with Crippen molar-refractivity contribution in [1.82, 2.24) is 14.7 Å². The van der Waals surface area contributed by atoms with Crippen LogP contribution < -0.4 is 0 Å². The average Bonchev–Trinajstić information content (AvgIpc) is 3.13. The molecule has 0 spiro atoms. The maximum absolute atomic E-state index is 14.0. The summed E-state index contributed by atoms with van der Waals surface area (Å²) in [5.41, 5.74) is -2.03. The van der Waals surface area contributed by atoms with Crippen LogP contribution in [-0.2, 0) is 12.6 Å². The Kier molecular flexibility index (Phi) is 3.66. The summed E-state index contributed by atoms with van der Waals surface area (Å²) in [6, 6.07) is 9.09. The molecule has 0 saturated carbocycles. The first-order valence-electron chi connectivity index (χ1n) is 7.30. The van der Waals surface area contributed by atoms with Crippen LogP contribution in [0.2, 0.25) is 0 Å². The highest BCUT2D eigenvalue weighted by atomic mass is 19.4. The van der Waals surface area contributed by atoms with Gasteiger partial charge in [-0.3, -0.25) is 9.48 Å². The zero-order chi connectivity index (χ0) is 16.7. The Hall–Kier alpha value is -2.31. The molecule has 0 aliphatic carbocycles. The Labute approximate surface area is 131 Å². The van der Waals surface area contributed by atoms with Crippen molar-refractivity contribution >= 4 is 5.91 Å². The van der Waals surface area contributed by atoms with E-state index in [1.807, 2.05) is 0 Å². The third-order valence-electron chi connectivity index (χ3n) is 4.39. The summed E-state index contributed by atoms with van der Waals surface area (Å²) < 4.78 is 43.4. The van der Waals surface area contributed by atoms with Gasteiger partial charge in [-0.05, 0) is 24.5 Å². The van der Waals surface area contributed by atoms with Crippen LogP contribution in [0.3, 0.4) is 0 Å². The van der Waals surface area contributed by atoms with E-state index in [4.69, 9.17) is 0 Å². The highest BCUT2D eigenvalue weighted by Gasteiger charge is 2.63. The highest BCUT2D eigenvalue weighted by molar-refractivity contribution is 5.93. The van der Waals surface area contributed by atoms with Crippen LogP contribution in [0.15, 0.2) is 42.6 Å². The van der Waals surface area contributed by atoms with Crippen LogP contribution in [0, 0.1) is 0 Å². The van der Waals surface area contributed by atoms with E-state index < -0.39 is 17.6 Å². The van der Waals surface area contributed by atoms with Crippen LogP contribution >= 0.6 is 0 Å². The normalized spacial score (nSPS) is 21.7.